The van der Waals surface area contributed by atoms with Crippen LogP contribution in [0.4, 0.5) is 5.69 Å². The van der Waals surface area contributed by atoms with E-state index in [-0.39, 0.29) is 12.3 Å². The van der Waals surface area contributed by atoms with E-state index in [1.165, 1.54) is 11.3 Å². The molecule has 0 aliphatic rings. The van der Waals surface area contributed by atoms with Gasteiger partial charge in [0, 0.05) is 11.3 Å². The Morgan fingerprint density at radius 3 is 2.60 bits per heavy atom. The zero-order valence-electron chi connectivity index (χ0n) is 15.5. The number of rotatable bonds is 6. The minimum absolute atomic E-state index is 0.107. The molecule has 1 amide bonds. The van der Waals surface area contributed by atoms with Crippen LogP contribution in [0.25, 0.3) is 10.2 Å². The van der Waals surface area contributed by atoms with Gasteiger partial charge in [-0.25, -0.2) is 4.98 Å². The van der Waals surface area contributed by atoms with Gasteiger partial charge >= 0.3 is 5.97 Å². The lowest BCUT2D eigenvalue weighted by Gasteiger charge is -2.10. The van der Waals surface area contributed by atoms with Crippen molar-refractivity contribution >= 4 is 50.7 Å². The number of carbonyl (C=O) groups is 2. The molecule has 0 unspecified atom stereocenters. The van der Waals surface area contributed by atoms with Crippen LogP contribution in [0.1, 0.15) is 15.9 Å². The molecule has 0 spiro atoms. The van der Waals surface area contributed by atoms with Gasteiger partial charge in [0.05, 0.1) is 27.2 Å². The minimum atomic E-state index is -0.927. The number of fused-ring (bicyclic) bond motifs is 1. The second-order valence-corrected chi connectivity index (χ2v) is 7.74. The predicted octanol–water partition coefficient (Wildman–Crippen LogP) is 5.62. The number of nitrogens with one attached hydrogen (secondary N) is 1. The summed E-state index contributed by atoms with van der Waals surface area (Å²) < 4.78 is 6.71. The number of aliphatic carboxylic acids is 1. The topological polar surface area (TPSA) is 88.5 Å². The first-order chi connectivity index (χ1) is 14.5. The largest absolute Gasteiger partial charge is 0.481 e. The van der Waals surface area contributed by atoms with Gasteiger partial charge in [0.25, 0.3) is 5.91 Å². The number of halogens is 1. The van der Waals surface area contributed by atoms with Crippen molar-refractivity contribution in [3.8, 4) is 11.5 Å². The van der Waals surface area contributed by atoms with Crippen molar-refractivity contribution < 1.29 is 19.4 Å². The minimum Gasteiger partial charge on any atom is -0.481 e. The van der Waals surface area contributed by atoms with E-state index >= 15 is 0 Å². The molecule has 8 heteroatoms. The number of anilines is 1. The molecule has 6 nitrogen and oxygen atoms in total. The molecule has 0 radical (unpaired) electrons. The summed E-state index contributed by atoms with van der Waals surface area (Å²) in [6.45, 7) is 0. The summed E-state index contributed by atoms with van der Waals surface area (Å²) in [5, 5.41) is 12.0. The fourth-order valence-corrected chi connectivity index (χ4v) is 3.80. The quantitative estimate of drug-likeness (QED) is 0.407. The first-order valence-electron chi connectivity index (χ1n) is 8.91. The van der Waals surface area contributed by atoms with Crippen LogP contribution in [0, 0.1) is 0 Å². The summed E-state index contributed by atoms with van der Waals surface area (Å²) in [5.74, 6) is -0.187. The number of nitrogens with zero attached hydrogens (tertiary/aromatic N) is 1. The third kappa shape index (κ3) is 4.59. The molecule has 0 saturated heterocycles. The summed E-state index contributed by atoms with van der Waals surface area (Å²) in [5.41, 5.74) is 4.39. The number of thiazole rings is 1. The van der Waals surface area contributed by atoms with Crippen LogP contribution in [-0.4, -0.2) is 22.0 Å². The fraction of sp³-hybridized carbons (Fsp3) is 0.0455. The molecule has 30 heavy (non-hydrogen) atoms. The van der Waals surface area contributed by atoms with Crippen molar-refractivity contribution in [2.75, 3.05) is 5.32 Å². The summed E-state index contributed by atoms with van der Waals surface area (Å²) >= 11 is 7.67. The lowest BCUT2D eigenvalue weighted by Crippen LogP contribution is -2.11. The highest BCUT2D eigenvalue weighted by atomic mass is 35.5. The Balaban J connectivity index is 1.42. The maximum atomic E-state index is 12.5. The number of hydrogen-bond acceptors (Lipinski definition) is 5. The summed E-state index contributed by atoms with van der Waals surface area (Å²) in [7, 11) is 0. The van der Waals surface area contributed by atoms with Gasteiger partial charge in [-0.3, -0.25) is 9.59 Å². The number of carboxylic acids is 1. The lowest BCUT2D eigenvalue weighted by molar-refractivity contribution is -0.136. The third-order valence-electron chi connectivity index (χ3n) is 4.29. The number of aromatic nitrogens is 1. The van der Waals surface area contributed by atoms with Gasteiger partial charge in [0.2, 0.25) is 0 Å². The van der Waals surface area contributed by atoms with E-state index in [0.29, 0.717) is 33.3 Å². The van der Waals surface area contributed by atoms with Gasteiger partial charge in [0.15, 0.2) is 0 Å². The van der Waals surface area contributed by atoms with E-state index in [1.54, 1.807) is 54.0 Å². The molecule has 0 aliphatic carbocycles. The van der Waals surface area contributed by atoms with E-state index in [4.69, 9.17) is 21.4 Å². The van der Waals surface area contributed by atoms with Crippen molar-refractivity contribution in [2.45, 2.75) is 6.42 Å². The van der Waals surface area contributed by atoms with Gasteiger partial charge in [0.1, 0.15) is 11.5 Å². The van der Waals surface area contributed by atoms with Crippen molar-refractivity contribution in [2.24, 2.45) is 0 Å². The zero-order valence-corrected chi connectivity index (χ0v) is 17.0. The van der Waals surface area contributed by atoms with Crippen molar-refractivity contribution in [3.63, 3.8) is 0 Å². The Kier molecular flexibility index (Phi) is 5.65. The summed E-state index contributed by atoms with van der Waals surface area (Å²) in [6, 6.07) is 17.1. The average Bonchev–Trinajstić information content (AvgIpc) is 3.19. The number of benzene rings is 3. The van der Waals surface area contributed by atoms with Gasteiger partial charge in [-0.05, 0) is 60.2 Å². The molecule has 150 valence electrons. The second kappa shape index (κ2) is 8.52. The van der Waals surface area contributed by atoms with Gasteiger partial charge in [-0.15, -0.1) is 11.3 Å². The number of carbonyl (C=O) groups excluding carboxylic acids is 1. The van der Waals surface area contributed by atoms with E-state index in [0.717, 1.165) is 10.2 Å². The highest BCUT2D eigenvalue weighted by molar-refractivity contribution is 7.16. The van der Waals surface area contributed by atoms with Gasteiger partial charge in [-0.1, -0.05) is 17.7 Å². The van der Waals surface area contributed by atoms with Crippen LogP contribution >= 0.6 is 22.9 Å². The number of amides is 1. The van der Waals surface area contributed by atoms with Crippen LogP contribution in [-0.2, 0) is 11.2 Å². The van der Waals surface area contributed by atoms with Crippen molar-refractivity contribution in [3.05, 3.63) is 82.3 Å². The Morgan fingerprint density at radius 2 is 1.87 bits per heavy atom. The average molecular weight is 439 g/mol. The Labute approximate surface area is 180 Å². The molecule has 1 aromatic heterocycles. The molecule has 0 fully saturated rings. The number of carboxylic acid groups (broad SMARTS) is 1. The highest BCUT2D eigenvalue weighted by Crippen LogP contribution is 2.31. The second-order valence-electron chi connectivity index (χ2n) is 6.45. The first-order valence-corrected chi connectivity index (χ1v) is 10.2. The maximum Gasteiger partial charge on any atom is 0.307 e. The number of hydrogen-bond donors (Lipinski definition) is 2. The Morgan fingerprint density at radius 1 is 1.07 bits per heavy atom. The summed E-state index contributed by atoms with van der Waals surface area (Å²) in [6.07, 6.45) is -0.107. The highest BCUT2D eigenvalue weighted by Gasteiger charge is 2.10. The Bertz CT molecular complexity index is 1240. The van der Waals surface area contributed by atoms with Crippen molar-refractivity contribution in [1.29, 1.82) is 0 Å². The first kappa shape index (κ1) is 19.9. The fourth-order valence-electron chi connectivity index (χ4n) is 2.84. The molecular formula is C22H15ClN2O4S. The van der Waals surface area contributed by atoms with E-state index < -0.39 is 5.97 Å². The Hall–Kier alpha value is -3.42. The molecule has 4 rings (SSSR count). The predicted molar refractivity (Wildman–Crippen MR) is 117 cm³/mol. The normalized spacial score (nSPS) is 10.7. The molecular weight excluding hydrogens is 424 g/mol. The van der Waals surface area contributed by atoms with Crippen LogP contribution in [0.2, 0.25) is 5.02 Å². The van der Waals surface area contributed by atoms with Crippen LogP contribution < -0.4 is 10.1 Å². The summed E-state index contributed by atoms with van der Waals surface area (Å²) in [4.78, 5) is 27.5. The van der Waals surface area contributed by atoms with E-state index in [9.17, 15) is 9.59 Å². The van der Waals surface area contributed by atoms with Crippen molar-refractivity contribution in [1.82, 2.24) is 4.98 Å². The van der Waals surface area contributed by atoms with Gasteiger partial charge < -0.3 is 15.2 Å². The van der Waals surface area contributed by atoms with Crippen LogP contribution in [0.15, 0.2) is 66.2 Å². The third-order valence-corrected chi connectivity index (χ3v) is 5.37. The smallest absolute Gasteiger partial charge is 0.307 e. The van der Waals surface area contributed by atoms with Crippen LogP contribution in [0.5, 0.6) is 11.5 Å². The standard InChI is InChI=1S/C22H15ClN2O4S/c23-17-9-13(10-21(26)27)1-8-19(17)29-16-5-3-15(4-6-16)25-22(28)14-2-7-18-20(11-14)30-12-24-18/h1-9,11-12H,10H2,(H,25,28)(H,26,27). The SMILES string of the molecule is O=C(O)Cc1ccc(Oc2ccc(NC(=O)c3ccc4ncsc4c3)cc2)c(Cl)c1. The molecule has 0 aliphatic heterocycles. The van der Waals surface area contributed by atoms with E-state index in [1.807, 2.05) is 12.1 Å². The molecule has 1 heterocycles. The molecule has 0 saturated carbocycles. The van der Waals surface area contributed by atoms with Crippen LogP contribution in [0.3, 0.4) is 0 Å². The molecule has 0 atom stereocenters. The molecule has 0 bridgehead atoms. The van der Waals surface area contributed by atoms with Gasteiger partial charge in [-0.2, -0.15) is 0 Å². The molecule has 3 aromatic carbocycles. The van der Waals surface area contributed by atoms with E-state index in [2.05, 4.69) is 10.3 Å². The maximum absolute atomic E-state index is 12.5. The molecule has 4 aromatic rings. The molecule has 2 N–H and O–H groups in total. The lowest BCUT2D eigenvalue weighted by atomic mass is 10.1. The zero-order chi connectivity index (χ0) is 21.1. The monoisotopic (exact) mass is 438 g/mol. The number of ether oxygens (including phenoxy) is 1.